The summed E-state index contributed by atoms with van der Waals surface area (Å²) in [4.78, 5) is 2.57. The van der Waals surface area contributed by atoms with E-state index in [-0.39, 0.29) is 23.6 Å². The first-order valence-electron chi connectivity index (χ1n) is 4.26. The molecule has 0 aliphatic rings. The summed E-state index contributed by atoms with van der Waals surface area (Å²) in [5.41, 5.74) is 8.19. The average molecular weight is 203 g/mol. The highest BCUT2D eigenvalue weighted by Gasteiger charge is 2.01. The molecule has 0 bridgehead atoms. The lowest BCUT2D eigenvalue weighted by Gasteiger charge is -1.98. The largest absolute Gasteiger partial charge is 0.507 e. The minimum atomic E-state index is -0.0636. The van der Waals surface area contributed by atoms with Crippen LogP contribution in [0.15, 0.2) is 23.3 Å². The molecule has 5 nitrogen and oxygen atoms in total. The molecule has 2 N–H and O–H groups in total. The summed E-state index contributed by atoms with van der Waals surface area (Å²) in [6, 6.07) is 4.41. The van der Waals surface area contributed by atoms with Crippen LogP contribution in [0.1, 0.15) is 12.0 Å². The topological polar surface area (TPSA) is 89.2 Å². The van der Waals surface area contributed by atoms with Crippen LogP contribution in [0.2, 0.25) is 0 Å². The maximum Gasteiger partial charge on any atom is 0.134 e. The Morgan fingerprint density at radius 2 is 2.00 bits per heavy atom. The zero-order chi connectivity index (χ0) is 11.1. The van der Waals surface area contributed by atoms with E-state index in [4.69, 9.17) is 5.53 Å². The van der Waals surface area contributed by atoms with Crippen LogP contribution in [0.3, 0.4) is 0 Å². The van der Waals surface area contributed by atoms with Gasteiger partial charge in [0, 0.05) is 17.9 Å². The summed E-state index contributed by atoms with van der Waals surface area (Å²) in [5.74, 6) is 5.16. The fourth-order valence-electron chi connectivity index (χ4n) is 0.958. The number of phenols is 2. The SMILES string of the molecule is [N-]=[N+]=NCCC#Cc1c(O)cccc1O. The quantitative estimate of drug-likeness (QED) is 0.253. The Morgan fingerprint density at radius 1 is 1.33 bits per heavy atom. The third kappa shape index (κ3) is 3.14. The first-order valence-corrected chi connectivity index (χ1v) is 4.26. The van der Waals surface area contributed by atoms with Crippen LogP contribution in [0.5, 0.6) is 11.5 Å². The van der Waals surface area contributed by atoms with Gasteiger partial charge in [-0.3, -0.25) is 0 Å². The molecule has 15 heavy (non-hydrogen) atoms. The summed E-state index contributed by atoms with van der Waals surface area (Å²) in [6.45, 7) is 0.276. The zero-order valence-corrected chi connectivity index (χ0v) is 7.88. The maximum atomic E-state index is 9.35. The van der Waals surface area contributed by atoms with Crippen molar-refractivity contribution in [2.45, 2.75) is 6.42 Å². The van der Waals surface area contributed by atoms with E-state index in [0.29, 0.717) is 6.42 Å². The Hall–Kier alpha value is -2.31. The van der Waals surface area contributed by atoms with E-state index in [0.717, 1.165) is 0 Å². The molecule has 0 spiro atoms. The lowest BCUT2D eigenvalue weighted by atomic mass is 10.2. The molecule has 0 aliphatic heterocycles. The number of azide groups is 1. The third-order valence-electron chi connectivity index (χ3n) is 1.63. The van der Waals surface area contributed by atoms with E-state index in [1.54, 1.807) is 0 Å². The molecule has 76 valence electrons. The molecule has 0 aromatic heterocycles. The van der Waals surface area contributed by atoms with E-state index >= 15 is 0 Å². The molecular weight excluding hydrogens is 194 g/mol. The van der Waals surface area contributed by atoms with Crippen LogP contribution in [0.25, 0.3) is 10.4 Å². The van der Waals surface area contributed by atoms with Gasteiger partial charge in [0.25, 0.3) is 0 Å². The molecule has 0 saturated carbocycles. The lowest BCUT2D eigenvalue weighted by Crippen LogP contribution is -1.79. The molecule has 0 radical (unpaired) electrons. The minimum Gasteiger partial charge on any atom is -0.507 e. The van der Waals surface area contributed by atoms with E-state index in [1.807, 2.05) is 0 Å². The van der Waals surface area contributed by atoms with Gasteiger partial charge in [0.15, 0.2) is 0 Å². The summed E-state index contributed by atoms with van der Waals surface area (Å²) in [7, 11) is 0. The first kappa shape index (κ1) is 10.8. The smallest absolute Gasteiger partial charge is 0.134 e. The zero-order valence-electron chi connectivity index (χ0n) is 7.88. The molecule has 0 atom stereocenters. The van der Waals surface area contributed by atoms with Gasteiger partial charge in [-0.15, -0.1) is 0 Å². The number of nitrogens with zero attached hydrogens (tertiary/aromatic N) is 3. The van der Waals surface area contributed by atoms with Gasteiger partial charge >= 0.3 is 0 Å². The number of phenolic OH excluding ortho intramolecular Hbond substituents is 2. The van der Waals surface area contributed by atoms with Crippen molar-refractivity contribution in [2.24, 2.45) is 5.11 Å². The van der Waals surface area contributed by atoms with Crippen LogP contribution >= 0.6 is 0 Å². The molecule has 1 aromatic rings. The maximum absolute atomic E-state index is 9.35. The van der Waals surface area contributed by atoms with Gasteiger partial charge in [-0.2, -0.15) is 0 Å². The second-order valence-corrected chi connectivity index (χ2v) is 2.68. The van der Waals surface area contributed by atoms with Gasteiger partial charge in [-0.25, -0.2) is 0 Å². The monoisotopic (exact) mass is 203 g/mol. The second-order valence-electron chi connectivity index (χ2n) is 2.68. The molecular formula is C10H9N3O2. The Balaban J connectivity index is 2.75. The molecule has 0 aliphatic carbocycles. The van der Waals surface area contributed by atoms with E-state index in [9.17, 15) is 10.2 Å². The third-order valence-corrected chi connectivity index (χ3v) is 1.63. The van der Waals surface area contributed by atoms with Crippen LogP contribution in [0.4, 0.5) is 0 Å². The lowest BCUT2D eigenvalue weighted by molar-refractivity contribution is 0.448. The second kappa shape index (κ2) is 5.43. The summed E-state index contributed by atoms with van der Waals surface area (Å²) in [5, 5.41) is 22.0. The van der Waals surface area contributed by atoms with Crippen LogP contribution in [0, 0.1) is 11.8 Å². The fraction of sp³-hybridized carbons (Fsp3) is 0.200. The number of rotatable bonds is 2. The van der Waals surface area contributed by atoms with Gasteiger partial charge in [-0.1, -0.05) is 23.0 Å². The van der Waals surface area contributed by atoms with Crippen LogP contribution < -0.4 is 0 Å². The van der Waals surface area contributed by atoms with Crippen molar-refractivity contribution in [3.8, 4) is 23.3 Å². The van der Waals surface area contributed by atoms with Crippen molar-refractivity contribution >= 4 is 0 Å². The van der Waals surface area contributed by atoms with Gasteiger partial charge in [-0.05, 0) is 17.7 Å². The average Bonchev–Trinajstić information content (AvgIpc) is 2.21. The number of hydrogen-bond acceptors (Lipinski definition) is 3. The van der Waals surface area contributed by atoms with E-state index in [2.05, 4.69) is 21.9 Å². The van der Waals surface area contributed by atoms with E-state index in [1.165, 1.54) is 18.2 Å². The summed E-state index contributed by atoms with van der Waals surface area (Å²) < 4.78 is 0. The predicted octanol–water partition coefficient (Wildman–Crippen LogP) is 2.15. The van der Waals surface area contributed by atoms with Crippen molar-refractivity contribution in [2.75, 3.05) is 6.54 Å². The minimum absolute atomic E-state index is 0.0636. The molecule has 0 amide bonds. The highest BCUT2D eigenvalue weighted by molar-refractivity contribution is 5.53. The van der Waals surface area contributed by atoms with Gasteiger partial charge < -0.3 is 10.2 Å². The molecule has 1 rings (SSSR count). The standard InChI is InChI=1S/C10H9N3O2/c11-13-12-7-2-1-4-8-9(14)5-3-6-10(8)15/h3,5-6,14-15H,2,7H2. The van der Waals surface area contributed by atoms with Crippen molar-refractivity contribution in [1.29, 1.82) is 0 Å². The number of benzene rings is 1. The Bertz CT molecular complexity index is 433. The Kier molecular flexibility index (Phi) is 3.90. The molecule has 1 aromatic carbocycles. The van der Waals surface area contributed by atoms with Gasteiger partial charge in [0.1, 0.15) is 17.1 Å². The van der Waals surface area contributed by atoms with E-state index < -0.39 is 0 Å². The predicted molar refractivity (Wildman–Crippen MR) is 55.3 cm³/mol. The van der Waals surface area contributed by atoms with Crippen molar-refractivity contribution in [1.82, 2.24) is 0 Å². The molecule has 0 unspecified atom stereocenters. The van der Waals surface area contributed by atoms with Crippen molar-refractivity contribution in [3.63, 3.8) is 0 Å². The van der Waals surface area contributed by atoms with Crippen LogP contribution in [-0.2, 0) is 0 Å². The van der Waals surface area contributed by atoms with Gasteiger partial charge in [0.2, 0.25) is 0 Å². The highest BCUT2D eigenvalue weighted by Crippen LogP contribution is 2.24. The Labute approximate surface area is 86.6 Å². The first-order chi connectivity index (χ1) is 7.25. The normalized spacial score (nSPS) is 8.53. The molecule has 5 heteroatoms. The van der Waals surface area contributed by atoms with Gasteiger partial charge in [0.05, 0.1) is 0 Å². The fourth-order valence-corrected chi connectivity index (χ4v) is 0.958. The molecule has 0 fully saturated rings. The number of aromatic hydroxyl groups is 2. The number of hydrogen-bond donors (Lipinski definition) is 2. The summed E-state index contributed by atoms with van der Waals surface area (Å²) >= 11 is 0. The highest BCUT2D eigenvalue weighted by atomic mass is 16.3. The van der Waals surface area contributed by atoms with Crippen LogP contribution in [-0.4, -0.2) is 16.8 Å². The van der Waals surface area contributed by atoms with Crippen molar-refractivity contribution in [3.05, 3.63) is 34.2 Å². The molecule has 0 saturated heterocycles. The van der Waals surface area contributed by atoms with Crippen molar-refractivity contribution < 1.29 is 10.2 Å². The Morgan fingerprint density at radius 3 is 2.60 bits per heavy atom. The summed E-state index contributed by atoms with van der Waals surface area (Å²) in [6.07, 6.45) is 0.387. The molecule has 0 heterocycles.